The maximum Gasteiger partial charge on any atom is 0.254 e. The lowest BCUT2D eigenvalue weighted by Gasteiger charge is -2.28. The summed E-state index contributed by atoms with van der Waals surface area (Å²) in [6.07, 6.45) is 4.88. The minimum atomic E-state index is 0.0666. The van der Waals surface area contributed by atoms with Gasteiger partial charge in [-0.1, -0.05) is 18.2 Å². The fraction of sp³-hybridized carbons (Fsp3) is 0.348. The van der Waals surface area contributed by atoms with Crippen molar-refractivity contribution in [3.05, 3.63) is 59.2 Å². The summed E-state index contributed by atoms with van der Waals surface area (Å²) >= 11 is 1.75. The molecular weight excluding hydrogens is 386 g/mol. The molecule has 0 saturated carbocycles. The van der Waals surface area contributed by atoms with Gasteiger partial charge in [-0.05, 0) is 35.9 Å². The Morgan fingerprint density at radius 1 is 1.07 bits per heavy atom. The monoisotopic (exact) mass is 413 g/mol. The predicted molar refractivity (Wildman–Crippen MR) is 118 cm³/mol. The van der Waals surface area contributed by atoms with Crippen molar-refractivity contribution in [2.45, 2.75) is 12.2 Å². The summed E-state index contributed by atoms with van der Waals surface area (Å²) in [6.45, 7) is 1.20. The standard InChI is InChI=1S/C23H27NO4S/c1-26-19-13-20(27-2)22(21(14-19)28-3)17-8-10-24(11-9-17)23(25)18-7-5-6-16(12-18)15-29-4/h5-8,12-14H,9-11,15H2,1-4H3. The molecule has 0 saturated heterocycles. The third-order valence-electron chi connectivity index (χ3n) is 5.02. The minimum absolute atomic E-state index is 0.0666. The summed E-state index contributed by atoms with van der Waals surface area (Å²) in [4.78, 5) is 14.8. The van der Waals surface area contributed by atoms with E-state index in [0.717, 1.165) is 28.9 Å². The van der Waals surface area contributed by atoms with E-state index in [1.807, 2.05) is 35.2 Å². The number of ether oxygens (including phenoxy) is 3. The Kier molecular flexibility index (Phi) is 7.09. The molecule has 0 N–H and O–H groups in total. The molecule has 3 rings (SSSR count). The Morgan fingerprint density at radius 3 is 2.34 bits per heavy atom. The van der Waals surface area contributed by atoms with Crippen LogP contribution < -0.4 is 14.2 Å². The van der Waals surface area contributed by atoms with Crippen LogP contribution in [0.2, 0.25) is 0 Å². The van der Waals surface area contributed by atoms with E-state index in [-0.39, 0.29) is 5.91 Å². The van der Waals surface area contributed by atoms with Crippen molar-refractivity contribution in [1.29, 1.82) is 0 Å². The molecule has 0 spiro atoms. The Morgan fingerprint density at radius 2 is 1.79 bits per heavy atom. The third-order valence-corrected chi connectivity index (χ3v) is 5.64. The first kappa shape index (κ1) is 21.1. The molecule has 1 aliphatic heterocycles. The van der Waals surface area contributed by atoms with Gasteiger partial charge >= 0.3 is 0 Å². The van der Waals surface area contributed by atoms with Gasteiger partial charge in [-0.15, -0.1) is 0 Å². The van der Waals surface area contributed by atoms with Crippen LogP contribution in [0.25, 0.3) is 5.57 Å². The van der Waals surface area contributed by atoms with Gasteiger partial charge in [0.25, 0.3) is 5.91 Å². The Bertz CT molecular complexity index is 884. The fourth-order valence-corrected chi connectivity index (χ4v) is 4.06. The number of methoxy groups -OCH3 is 3. The van der Waals surface area contributed by atoms with Crippen LogP contribution in [0.4, 0.5) is 0 Å². The predicted octanol–water partition coefficient (Wildman–Crippen LogP) is 4.50. The highest BCUT2D eigenvalue weighted by molar-refractivity contribution is 7.97. The van der Waals surface area contributed by atoms with Crippen LogP contribution in [-0.2, 0) is 5.75 Å². The van der Waals surface area contributed by atoms with Crippen LogP contribution >= 0.6 is 11.8 Å². The molecule has 0 aromatic heterocycles. The van der Waals surface area contributed by atoms with Gasteiger partial charge in [-0.3, -0.25) is 4.79 Å². The molecule has 5 nitrogen and oxygen atoms in total. The van der Waals surface area contributed by atoms with Crippen LogP contribution in [-0.4, -0.2) is 51.5 Å². The first-order chi connectivity index (χ1) is 14.1. The van der Waals surface area contributed by atoms with E-state index in [4.69, 9.17) is 14.2 Å². The van der Waals surface area contributed by atoms with E-state index >= 15 is 0 Å². The topological polar surface area (TPSA) is 48.0 Å². The Balaban J connectivity index is 1.82. The van der Waals surface area contributed by atoms with Crippen molar-refractivity contribution in [2.75, 3.05) is 40.7 Å². The lowest BCUT2D eigenvalue weighted by molar-refractivity contribution is 0.0773. The number of hydrogen-bond donors (Lipinski definition) is 0. The summed E-state index contributed by atoms with van der Waals surface area (Å²) < 4.78 is 16.5. The average molecular weight is 414 g/mol. The second-order valence-corrected chi connectivity index (χ2v) is 7.64. The molecule has 0 bridgehead atoms. The summed E-state index contributed by atoms with van der Waals surface area (Å²) in [7, 11) is 4.89. The van der Waals surface area contributed by atoms with E-state index in [9.17, 15) is 4.79 Å². The molecule has 154 valence electrons. The molecule has 0 radical (unpaired) electrons. The van der Waals surface area contributed by atoms with Gasteiger partial charge in [0.05, 0.1) is 26.9 Å². The molecule has 29 heavy (non-hydrogen) atoms. The zero-order valence-electron chi connectivity index (χ0n) is 17.4. The van der Waals surface area contributed by atoms with Crippen LogP contribution in [0.3, 0.4) is 0 Å². The van der Waals surface area contributed by atoms with Crippen molar-refractivity contribution in [2.24, 2.45) is 0 Å². The number of carbonyl (C=O) groups is 1. The average Bonchev–Trinajstić information content (AvgIpc) is 2.78. The first-order valence-corrected chi connectivity index (χ1v) is 10.9. The lowest BCUT2D eigenvalue weighted by atomic mass is 9.96. The van der Waals surface area contributed by atoms with Gasteiger partial charge in [0.2, 0.25) is 0 Å². The number of benzene rings is 2. The molecule has 1 heterocycles. The lowest BCUT2D eigenvalue weighted by Crippen LogP contribution is -2.34. The van der Waals surface area contributed by atoms with Crippen LogP contribution in [0.15, 0.2) is 42.5 Å². The fourth-order valence-electron chi connectivity index (χ4n) is 3.55. The normalized spacial score (nSPS) is 13.7. The van der Waals surface area contributed by atoms with E-state index in [0.29, 0.717) is 30.3 Å². The van der Waals surface area contributed by atoms with Gasteiger partial charge in [0.1, 0.15) is 17.2 Å². The molecule has 2 aromatic rings. The molecule has 0 fully saturated rings. The second kappa shape index (κ2) is 9.74. The van der Waals surface area contributed by atoms with E-state index in [1.54, 1.807) is 33.1 Å². The number of carbonyl (C=O) groups excluding carboxylic acids is 1. The summed E-state index contributed by atoms with van der Waals surface area (Å²) in [5.41, 5.74) is 3.95. The molecule has 1 amide bonds. The van der Waals surface area contributed by atoms with E-state index in [1.165, 1.54) is 5.56 Å². The maximum atomic E-state index is 13.0. The molecule has 6 heteroatoms. The third kappa shape index (κ3) is 4.70. The molecule has 2 aromatic carbocycles. The summed E-state index contributed by atoms with van der Waals surface area (Å²) in [5, 5.41) is 0. The minimum Gasteiger partial charge on any atom is -0.496 e. The molecular formula is C23H27NO4S. The van der Waals surface area contributed by atoms with E-state index in [2.05, 4.69) is 18.4 Å². The van der Waals surface area contributed by atoms with Gasteiger partial charge in [-0.25, -0.2) is 0 Å². The maximum absolute atomic E-state index is 13.0. The van der Waals surface area contributed by atoms with Crippen LogP contribution in [0.5, 0.6) is 17.2 Å². The quantitative estimate of drug-likeness (QED) is 0.669. The van der Waals surface area contributed by atoms with Crippen molar-refractivity contribution < 1.29 is 19.0 Å². The number of thioether (sulfide) groups is 1. The van der Waals surface area contributed by atoms with Crippen molar-refractivity contribution >= 4 is 23.2 Å². The van der Waals surface area contributed by atoms with Gasteiger partial charge in [0.15, 0.2) is 0 Å². The zero-order valence-corrected chi connectivity index (χ0v) is 18.2. The smallest absolute Gasteiger partial charge is 0.254 e. The van der Waals surface area contributed by atoms with E-state index < -0.39 is 0 Å². The van der Waals surface area contributed by atoms with Gasteiger partial charge in [-0.2, -0.15) is 11.8 Å². The van der Waals surface area contributed by atoms with Crippen LogP contribution in [0, 0.1) is 0 Å². The molecule has 0 atom stereocenters. The Hall–Kier alpha value is -2.60. The van der Waals surface area contributed by atoms with Crippen LogP contribution in [0.1, 0.15) is 27.9 Å². The largest absolute Gasteiger partial charge is 0.496 e. The Labute approximate surface area is 176 Å². The number of nitrogens with zero attached hydrogens (tertiary/aromatic N) is 1. The highest BCUT2D eigenvalue weighted by atomic mass is 32.2. The van der Waals surface area contributed by atoms with Gasteiger partial charge < -0.3 is 19.1 Å². The number of hydrogen-bond acceptors (Lipinski definition) is 5. The number of rotatable bonds is 7. The number of amides is 1. The summed E-state index contributed by atoms with van der Waals surface area (Å²) in [6, 6.07) is 11.6. The van der Waals surface area contributed by atoms with Crippen molar-refractivity contribution in [3.63, 3.8) is 0 Å². The first-order valence-electron chi connectivity index (χ1n) is 9.47. The molecule has 1 aliphatic rings. The SMILES string of the molecule is COc1cc(OC)c(C2=CCN(C(=O)c3cccc(CSC)c3)CC2)c(OC)c1. The second-order valence-electron chi connectivity index (χ2n) is 6.77. The van der Waals surface area contributed by atoms with Crippen molar-refractivity contribution in [1.82, 2.24) is 4.90 Å². The van der Waals surface area contributed by atoms with Gasteiger partial charge in [0, 0.05) is 36.5 Å². The van der Waals surface area contributed by atoms with Crippen molar-refractivity contribution in [3.8, 4) is 17.2 Å². The summed E-state index contributed by atoms with van der Waals surface area (Å²) in [5.74, 6) is 3.06. The highest BCUT2D eigenvalue weighted by Gasteiger charge is 2.23. The highest BCUT2D eigenvalue weighted by Crippen LogP contribution is 2.40. The zero-order chi connectivity index (χ0) is 20.8. The molecule has 0 aliphatic carbocycles. The molecule has 0 unspecified atom stereocenters.